The highest BCUT2D eigenvalue weighted by molar-refractivity contribution is 6.07. The Morgan fingerprint density at radius 3 is 2.85 bits per heavy atom. The van der Waals surface area contributed by atoms with Gasteiger partial charge in [0, 0.05) is 23.9 Å². The van der Waals surface area contributed by atoms with E-state index in [1.165, 1.54) is 0 Å². The van der Waals surface area contributed by atoms with Crippen molar-refractivity contribution in [2.24, 2.45) is 0 Å². The van der Waals surface area contributed by atoms with E-state index in [-0.39, 0.29) is 11.7 Å². The standard InChI is InChI=1S/C21H25N3O2/c1-4-5-6-7-8-12-26-18-11-9-10-17(14-18)24-21(25)19-13-15(2)16(3)23-20(19)22/h9-11,13-14H,4-6,12H2,1-3H3,(H2,22,23)(H,24,25). The summed E-state index contributed by atoms with van der Waals surface area (Å²) >= 11 is 0. The van der Waals surface area contributed by atoms with Crippen molar-refractivity contribution < 1.29 is 9.53 Å². The summed E-state index contributed by atoms with van der Waals surface area (Å²) < 4.78 is 5.61. The molecule has 1 aromatic heterocycles. The van der Waals surface area contributed by atoms with Crippen LogP contribution < -0.4 is 15.8 Å². The van der Waals surface area contributed by atoms with Gasteiger partial charge in [-0.3, -0.25) is 4.79 Å². The summed E-state index contributed by atoms with van der Waals surface area (Å²) in [5.74, 6) is 6.64. The van der Waals surface area contributed by atoms with E-state index in [2.05, 4.69) is 29.1 Å². The van der Waals surface area contributed by atoms with Gasteiger partial charge in [0.15, 0.2) is 0 Å². The second-order valence-corrected chi connectivity index (χ2v) is 6.05. The van der Waals surface area contributed by atoms with Crippen molar-refractivity contribution >= 4 is 17.4 Å². The lowest BCUT2D eigenvalue weighted by atomic mass is 10.1. The maximum atomic E-state index is 12.5. The Kier molecular flexibility index (Phi) is 7.04. The molecule has 2 rings (SSSR count). The minimum atomic E-state index is -0.297. The summed E-state index contributed by atoms with van der Waals surface area (Å²) in [6, 6.07) is 8.95. The predicted octanol–water partition coefficient (Wildman–Crippen LogP) is 4.11. The molecule has 0 fully saturated rings. The number of hydrogen-bond donors (Lipinski definition) is 2. The number of nitrogens with one attached hydrogen (secondary N) is 1. The molecule has 0 atom stereocenters. The zero-order valence-corrected chi connectivity index (χ0v) is 15.6. The average Bonchev–Trinajstić information content (AvgIpc) is 2.61. The fourth-order valence-electron chi connectivity index (χ4n) is 2.29. The molecule has 0 aliphatic carbocycles. The van der Waals surface area contributed by atoms with Crippen LogP contribution in [-0.2, 0) is 0 Å². The van der Waals surface area contributed by atoms with Crippen LogP contribution in [-0.4, -0.2) is 17.5 Å². The van der Waals surface area contributed by atoms with Crippen molar-refractivity contribution in [2.75, 3.05) is 17.7 Å². The smallest absolute Gasteiger partial charge is 0.259 e. The molecule has 0 radical (unpaired) electrons. The van der Waals surface area contributed by atoms with Crippen molar-refractivity contribution in [1.82, 2.24) is 4.98 Å². The van der Waals surface area contributed by atoms with Crippen LogP contribution in [0.1, 0.15) is 47.8 Å². The third-order valence-electron chi connectivity index (χ3n) is 3.92. The number of aromatic nitrogens is 1. The first-order valence-corrected chi connectivity index (χ1v) is 8.75. The number of nitrogen functional groups attached to an aromatic ring is 1. The molecular weight excluding hydrogens is 326 g/mol. The lowest BCUT2D eigenvalue weighted by Gasteiger charge is -2.10. The number of anilines is 2. The highest BCUT2D eigenvalue weighted by atomic mass is 16.5. The largest absolute Gasteiger partial charge is 0.481 e. The monoisotopic (exact) mass is 351 g/mol. The topological polar surface area (TPSA) is 77.2 Å². The SMILES string of the molecule is CCCCC#CCOc1cccc(NC(=O)c2cc(C)c(C)nc2N)c1. The van der Waals surface area contributed by atoms with E-state index in [9.17, 15) is 4.79 Å². The molecule has 0 aliphatic heterocycles. The molecule has 0 saturated carbocycles. The van der Waals surface area contributed by atoms with E-state index < -0.39 is 0 Å². The van der Waals surface area contributed by atoms with E-state index in [0.717, 1.165) is 30.5 Å². The van der Waals surface area contributed by atoms with E-state index in [0.29, 0.717) is 23.6 Å². The number of hydrogen-bond acceptors (Lipinski definition) is 4. The van der Waals surface area contributed by atoms with E-state index in [4.69, 9.17) is 10.5 Å². The molecule has 1 aromatic carbocycles. The maximum Gasteiger partial charge on any atom is 0.259 e. The van der Waals surface area contributed by atoms with Gasteiger partial charge in [0.2, 0.25) is 0 Å². The molecule has 3 N–H and O–H groups in total. The van der Waals surface area contributed by atoms with Crippen molar-refractivity contribution in [3.63, 3.8) is 0 Å². The van der Waals surface area contributed by atoms with Crippen LogP contribution in [0.15, 0.2) is 30.3 Å². The van der Waals surface area contributed by atoms with Crippen LogP contribution in [0, 0.1) is 25.7 Å². The Balaban J connectivity index is 2.00. The minimum absolute atomic E-state index is 0.223. The zero-order valence-electron chi connectivity index (χ0n) is 15.6. The van der Waals surface area contributed by atoms with Crippen molar-refractivity contribution in [3.05, 3.63) is 47.2 Å². The first-order valence-electron chi connectivity index (χ1n) is 8.75. The predicted molar refractivity (Wildman–Crippen MR) is 105 cm³/mol. The molecule has 26 heavy (non-hydrogen) atoms. The Morgan fingerprint density at radius 2 is 2.08 bits per heavy atom. The molecular formula is C21H25N3O2. The number of carbonyl (C=O) groups is 1. The summed E-state index contributed by atoms with van der Waals surface area (Å²) in [6.45, 7) is 6.22. The number of benzene rings is 1. The number of rotatable bonds is 6. The molecule has 0 spiro atoms. The van der Waals surface area contributed by atoms with Crippen molar-refractivity contribution in [3.8, 4) is 17.6 Å². The quantitative estimate of drug-likeness (QED) is 0.606. The summed E-state index contributed by atoms with van der Waals surface area (Å²) in [4.78, 5) is 16.7. The van der Waals surface area contributed by atoms with Gasteiger partial charge in [0.25, 0.3) is 5.91 Å². The van der Waals surface area contributed by atoms with Gasteiger partial charge >= 0.3 is 0 Å². The van der Waals surface area contributed by atoms with Crippen molar-refractivity contribution in [1.29, 1.82) is 0 Å². The number of ether oxygens (including phenoxy) is 1. The number of nitrogens with zero attached hydrogens (tertiary/aromatic N) is 1. The van der Waals surface area contributed by atoms with Gasteiger partial charge in [-0.1, -0.05) is 31.3 Å². The zero-order chi connectivity index (χ0) is 18.9. The Labute approximate surface area is 155 Å². The number of carbonyl (C=O) groups excluding carboxylic acids is 1. The number of nitrogens with two attached hydrogens (primary N) is 1. The van der Waals surface area contributed by atoms with Gasteiger partial charge in [-0.2, -0.15) is 0 Å². The van der Waals surface area contributed by atoms with Crippen LogP contribution in [0.4, 0.5) is 11.5 Å². The molecule has 2 aromatic rings. The number of unbranched alkanes of at least 4 members (excludes halogenated alkanes) is 2. The van der Waals surface area contributed by atoms with Crippen LogP contribution in [0.2, 0.25) is 0 Å². The molecule has 1 heterocycles. The second kappa shape index (κ2) is 9.47. The Morgan fingerprint density at radius 1 is 1.27 bits per heavy atom. The van der Waals surface area contributed by atoms with Crippen LogP contribution in [0.25, 0.3) is 0 Å². The molecule has 0 unspecified atom stereocenters. The van der Waals surface area contributed by atoms with Crippen molar-refractivity contribution in [2.45, 2.75) is 40.0 Å². The normalized spacial score (nSPS) is 9.96. The van der Waals surface area contributed by atoms with E-state index in [1.54, 1.807) is 18.2 Å². The number of aryl methyl sites for hydroxylation is 2. The summed E-state index contributed by atoms with van der Waals surface area (Å²) in [5.41, 5.74) is 8.60. The number of pyridine rings is 1. The fraction of sp³-hybridized carbons (Fsp3) is 0.333. The Bertz CT molecular complexity index is 835. The highest BCUT2D eigenvalue weighted by Gasteiger charge is 2.13. The number of amides is 1. The molecule has 5 heteroatoms. The lowest BCUT2D eigenvalue weighted by molar-refractivity contribution is 0.102. The van der Waals surface area contributed by atoms with Gasteiger partial charge in [-0.25, -0.2) is 4.98 Å². The molecule has 0 bridgehead atoms. The average molecular weight is 351 g/mol. The van der Waals surface area contributed by atoms with Gasteiger partial charge in [0.05, 0.1) is 5.56 Å². The lowest BCUT2D eigenvalue weighted by Crippen LogP contribution is -2.15. The van der Waals surface area contributed by atoms with E-state index >= 15 is 0 Å². The first-order chi connectivity index (χ1) is 12.5. The molecule has 1 amide bonds. The molecule has 5 nitrogen and oxygen atoms in total. The summed E-state index contributed by atoms with van der Waals surface area (Å²) in [7, 11) is 0. The fourth-order valence-corrected chi connectivity index (χ4v) is 2.29. The van der Waals surface area contributed by atoms with Gasteiger partial charge < -0.3 is 15.8 Å². The van der Waals surface area contributed by atoms with Crippen LogP contribution in [0.3, 0.4) is 0 Å². The molecule has 0 saturated heterocycles. The third-order valence-corrected chi connectivity index (χ3v) is 3.92. The molecule has 136 valence electrons. The van der Waals surface area contributed by atoms with Crippen LogP contribution in [0.5, 0.6) is 5.75 Å². The third kappa shape index (κ3) is 5.52. The second-order valence-electron chi connectivity index (χ2n) is 6.05. The van der Waals surface area contributed by atoms with E-state index in [1.807, 2.05) is 26.0 Å². The highest BCUT2D eigenvalue weighted by Crippen LogP contribution is 2.20. The molecule has 0 aliphatic rings. The Hall–Kier alpha value is -3.00. The van der Waals surface area contributed by atoms with Gasteiger partial charge in [-0.05, 0) is 44.0 Å². The maximum absolute atomic E-state index is 12.5. The summed E-state index contributed by atoms with van der Waals surface area (Å²) in [6.07, 6.45) is 3.13. The van der Waals surface area contributed by atoms with Gasteiger partial charge in [0.1, 0.15) is 18.2 Å². The van der Waals surface area contributed by atoms with Crippen LogP contribution >= 0.6 is 0 Å². The summed E-state index contributed by atoms with van der Waals surface area (Å²) in [5, 5.41) is 2.83. The van der Waals surface area contributed by atoms with Gasteiger partial charge in [-0.15, -0.1) is 0 Å². The first kappa shape index (κ1) is 19.3. The minimum Gasteiger partial charge on any atom is -0.481 e.